The van der Waals surface area contributed by atoms with Crippen LogP contribution in [0.15, 0.2) is 59.2 Å². The number of carbonyl (C=O) groups is 3. The summed E-state index contributed by atoms with van der Waals surface area (Å²) in [5, 5.41) is 0. The highest BCUT2D eigenvalue weighted by atomic mass is 16.3. The second-order valence-corrected chi connectivity index (χ2v) is 6.81. The lowest BCUT2D eigenvalue weighted by Gasteiger charge is -2.26. The molecule has 1 aliphatic heterocycles. The van der Waals surface area contributed by atoms with Crippen molar-refractivity contribution in [3.8, 4) is 0 Å². The fraction of sp³-hybridized carbons (Fsp3) is 0.136. The Morgan fingerprint density at radius 1 is 0.889 bits per heavy atom. The first-order valence-corrected chi connectivity index (χ1v) is 8.80. The molecule has 132 valence electrons. The van der Waals surface area contributed by atoms with Crippen molar-refractivity contribution in [1.82, 2.24) is 4.90 Å². The lowest BCUT2D eigenvalue weighted by Crippen LogP contribution is -2.35. The fourth-order valence-corrected chi connectivity index (χ4v) is 3.82. The molecular weight excluding hydrogens is 342 g/mol. The molecule has 27 heavy (non-hydrogen) atoms. The van der Waals surface area contributed by atoms with Crippen LogP contribution in [0.2, 0.25) is 0 Å². The normalized spacial score (nSPS) is 15.2. The predicted molar refractivity (Wildman–Crippen MR) is 96.9 cm³/mol. The summed E-state index contributed by atoms with van der Waals surface area (Å²) in [6.45, 7) is 1.01. The van der Waals surface area contributed by atoms with Crippen molar-refractivity contribution in [3.63, 3.8) is 0 Å². The van der Waals surface area contributed by atoms with Crippen LogP contribution < -0.4 is 0 Å². The molecule has 0 unspecified atom stereocenters. The van der Waals surface area contributed by atoms with E-state index in [2.05, 4.69) is 0 Å². The van der Waals surface area contributed by atoms with Crippen molar-refractivity contribution in [2.24, 2.45) is 0 Å². The first kappa shape index (κ1) is 15.8. The average molecular weight is 357 g/mol. The molecule has 2 heterocycles. The van der Waals surface area contributed by atoms with E-state index in [1.165, 1.54) is 0 Å². The topological polar surface area (TPSA) is 67.6 Å². The van der Waals surface area contributed by atoms with Gasteiger partial charge in [0.15, 0.2) is 11.6 Å². The standard InChI is InChI=1S/C22H15NO4/c24-20-15-3-1-2-4-16(15)21(25)18-11-14(5-6-17(18)20)22(26)23-9-7-13-8-10-27-19(13)12-23/h1-6,8,10-11H,7,9,12H2. The first-order chi connectivity index (χ1) is 13.1. The van der Waals surface area contributed by atoms with Crippen molar-refractivity contribution in [2.45, 2.75) is 13.0 Å². The van der Waals surface area contributed by atoms with Crippen LogP contribution >= 0.6 is 0 Å². The predicted octanol–water partition coefficient (Wildman–Crippen LogP) is 3.25. The molecule has 0 bridgehead atoms. The minimum absolute atomic E-state index is 0.168. The van der Waals surface area contributed by atoms with Crippen LogP contribution in [0.25, 0.3) is 0 Å². The molecule has 5 nitrogen and oxygen atoms in total. The van der Waals surface area contributed by atoms with Gasteiger partial charge in [0.2, 0.25) is 0 Å². The number of fused-ring (bicyclic) bond motifs is 3. The number of carbonyl (C=O) groups excluding carboxylic acids is 3. The van der Waals surface area contributed by atoms with Gasteiger partial charge < -0.3 is 9.32 Å². The van der Waals surface area contributed by atoms with Crippen LogP contribution in [0.3, 0.4) is 0 Å². The van der Waals surface area contributed by atoms with Crippen molar-refractivity contribution in [2.75, 3.05) is 6.54 Å². The molecule has 0 saturated heterocycles. The minimum atomic E-state index is -0.221. The van der Waals surface area contributed by atoms with Crippen LogP contribution in [0.5, 0.6) is 0 Å². The average Bonchev–Trinajstić information content (AvgIpc) is 3.19. The van der Waals surface area contributed by atoms with Gasteiger partial charge in [0.1, 0.15) is 5.76 Å². The van der Waals surface area contributed by atoms with Crippen molar-refractivity contribution in [1.29, 1.82) is 0 Å². The van der Waals surface area contributed by atoms with E-state index in [1.807, 2.05) is 6.07 Å². The summed E-state index contributed by atoms with van der Waals surface area (Å²) in [5.74, 6) is 0.228. The fourth-order valence-electron chi connectivity index (χ4n) is 3.82. The Hall–Kier alpha value is -3.47. The van der Waals surface area contributed by atoms with Gasteiger partial charge in [-0.15, -0.1) is 0 Å². The zero-order valence-electron chi connectivity index (χ0n) is 14.4. The van der Waals surface area contributed by atoms with Gasteiger partial charge in [-0.05, 0) is 36.2 Å². The lowest BCUT2D eigenvalue weighted by molar-refractivity contribution is 0.0719. The molecule has 3 aromatic rings. The van der Waals surface area contributed by atoms with Crippen LogP contribution in [-0.2, 0) is 13.0 Å². The number of hydrogen-bond acceptors (Lipinski definition) is 4. The molecule has 5 rings (SSSR count). The Labute approximate surface area is 155 Å². The molecular formula is C22H15NO4. The Bertz CT molecular complexity index is 1120. The highest BCUT2D eigenvalue weighted by molar-refractivity contribution is 6.28. The van der Waals surface area contributed by atoms with Gasteiger partial charge in [-0.3, -0.25) is 14.4 Å². The van der Waals surface area contributed by atoms with Gasteiger partial charge in [0.25, 0.3) is 5.91 Å². The maximum Gasteiger partial charge on any atom is 0.254 e. The number of furan rings is 1. The van der Waals surface area contributed by atoms with Crippen molar-refractivity contribution in [3.05, 3.63) is 93.9 Å². The minimum Gasteiger partial charge on any atom is -0.467 e. The zero-order valence-corrected chi connectivity index (χ0v) is 14.4. The van der Waals surface area contributed by atoms with Crippen molar-refractivity contribution >= 4 is 17.5 Å². The molecule has 1 aromatic heterocycles. The van der Waals surface area contributed by atoms with E-state index >= 15 is 0 Å². The third kappa shape index (κ3) is 2.35. The monoisotopic (exact) mass is 357 g/mol. The summed E-state index contributed by atoms with van der Waals surface area (Å²) >= 11 is 0. The third-order valence-corrected chi connectivity index (χ3v) is 5.28. The summed E-state index contributed by atoms with van der Waals surface area (Å²) < 4.78 is 5.44. The number of benzene rings is 2. The molecule has 5 heteroatoms. The molecule has 2 aliphatic rings. The molecule has 0 spiro atoms. The summed E-state index contributed by atoms with van der Waals surface area (Å²) in [7, 11) is 0. The molecule has 0 N–H and O–H groups in total. The molecule has 2 aromatic carbocycles. The van der Waals surface area contributed by atoms with Gasteiger partial charge in [0, 0.05) is 34.4 Å². The van der Waals surface area contributed by atoms with Crippen molar-refractivity contribution < 1.29 is 18.8 Å². The number of ketones is 2. The largest absolute Gasteiger partial charge is 0.467 e. The summed E-state index contributed by atoms with van der Waals surface area (Å²) in [5.41, 5.74) is 2.97. The molecule has 0 fully saturated rings. The van der Waals surface area contributed by atoms with Gasteiger partial charge in [-0.25, -0.2) is 0 Å². The maximum absolute atomic E-state index is 12.9. The van der Waals surface area contributed by atoms with E-state index in [0.29, 0.717) is 40.9 Å². The Balaban J connectivity index is 1.50. The molecule has 1 amide bonds. The van der Waals surface area contributed by atoms with E-state index in [1.54, 1.807) is 53.6 Å². The lowest BCUT2D eigenvalue weighted by atomic mass is 9.83. The quantitative estimate of drug-likeness (QED) is 0.524. The molecule has 0 radical (unpaired) electrons. The van der Waals surface area contributed by atoms with Gasteiger partial charge >= 0.3 is 0 Å². The van der Waals surface area contributed by atoms with Crippen LogP contribution in [0.4, 0.5) is 0 Å². The van der Waals surface area contributed by atoms with Gasteiger partial charge in [-0.1, -0.05) is 24.3 Å². The van der Waals surface area contributed by atoms with E-state index in [4.69, 9.17) is 4.42 Å². The maximum atomic E-state index is 12.9. The van der Waals surface area contributed by atoms with E-state index in [0.717, 1.165) is 17.7 Å². The molecule has 0 saturated carbocycles. The zero-order chi connectivity index (χ0) is 18.5. The summed E-state index contributed by atoms with van der Waals surface area (Å²) in [4.78, 5) is 40.2. The number of nitrogens with zero attached hydrogens (tertiary/aromatic N) is 1. The second kappa shape index (κ2) is 5.77. The molecule has 0 atom stereocenters. The highest BCUT2D eigenvalue weighted by Gasteiger charge is 2.31. The van der Waals surface area contributed by atoms with E-state index < -0.39 is 0 Å². The summed E-state index contributed by atoms with van der Waals surface area (Å²) in [6, 6.07) is 13.5. The van der Waals surface area contributed by atoms with Gasteiger partial charge in [-0.2, -0.15) is 0 Å². The number of rotatable bonds is 1. The number of amides is 1. The van der Waals surface area contributed by atoms with Gasteiger partial charge in [0.05, 0.1) is 12.8 Å². The van der Waals surface area contributed by atoms with Crippen LogP contribution in [0.1, 0.15) is 53.5 Å². The Morgan fingerprint density at radius 2 is 1.59 bits per heavy atom. The van der Waals surface area contributed by atoms with Crippen LogP contribution in [0, 0.1) is 0 Å². The Morgan fingerprint density at radius 3 is 2.37 bits per heavy atom. The highest BCUT2D eigenvalue weighted by Crippen LogP contribution is 2.29. The van der Waals surface area contributed by atoms with E-state index in [9.17, 15) is 14.4 Å². The first-order valence-electron chi connectivity index (χ1n) is 8.80. The SMILES string of the molecule is O=C1c2ccccc2C(=O)c2cc(C(=O)N3CCc4ccoc4C3)ccc21. The third-order valence-electron chi connectivity index (χ3n) is 5.28. The summed E-state index contributed by atoms with van der Waals surface area (Å²) in [6.07, 6.45) is 2.38. The van der Waals surface area contributed by atoms with E-state index in [-0.39, 0.29) is 17.5 Å². The Kier molecular flexibility index (Phi) is 3.37. The molecule has 1 aliphatic carbocycles. The number of hydrogen-bond donors (Lipinski definition) is 0. The second-order valence-electron chi connectivity index (χ2n) is 6.81. The smallest absolute Gasteiger partial charge is 0.254 e. The van der Waals surface area contributed by atoms with Crippen LogP contribution in [-0.4, -0.2) is 28.9 Å².